The molecule has 0 fully saturated rings. The van der Waals surface area contributed by atoms with Crippen molar-refractivity contribution in [1.82, 2.24) is 9.78 Å². The molecule has 0 bridgehead atoms. The molecule has 0 aliphatic carbocycles. The Labute approximate surface area is 101 Å². The molecule has 6 nitrogen and oxygen atoms in total. The second kappa shape index (κ2) is 5.07. The molecule has 96 valence electrons. The number of amidine groups is 1. The lowest BCUT2D eigenvalue weighted by atomic mass is 9.88. The van der Waals surface area contributed by atoms with E-state index in [1.54, 1.807) is 4.68 Å². The summed E-state index contributed by atoms with van der Waals surface area (Å²) in [4.78, 5) is 0. The third-order valence-electron chi connectivity index (χ3n) is 2.88. The fourth-order valence-electron chi connectivity index (χ4n) is 1.55. The molecule has 0 saturated heterocycles. The predicted molar refractivity (Wildman–Crippen MR) is 68.2 cm³/mol. The fraction of sp³-hybridized carbons (Fsp3) is 0.636. The van der Waals surface area contributed by atoms with Crippen molar-refractivity contribution in [2.45, 2.75) is 27.2 Å². The summed E-state index contributed by atoms with van der Waals surface area (Å²) in [5.41, 5.74) is 7.28. The summed E-state index contributed by atoms with van der Waals surface area (Å²) in [5, 5.41) is 19.3. The first-order valence-electron chi connectivity index (χ1n) is 5.59. The second-order valence-corrected chi connectivity index (χ2v) is 4.85. The summed E-state index contributed by atoms with van der Waals surface area (Å²) < 4.78 is 1.77. The Morgan fingerprint density at radius 1 is 1.65 bits per heavy atom. The number of nitrogens with two attached hydrogens (primary N) is 1. The van der Waals surface area contributed by atoms with E-state index >= 15 is 0 Å². The molecule has 1 aromatic heterocycles. The maximum atomic E-state index is 8.66. The minimum absolute atomic E-state index is 0.252. The van der Waals surface area contributed by atoms with Gasteiger partial charge in [0.15, 0.2) is 0 Å². The normalized spacial score (nSPS) is 12.8. The van der Waals surface area contributed by atoms with Crippen molar-refractivity contribution in [2.24, 2.45) is 23.4 Å². The van der Waals surface area contributed by atoms with Crippen LogP contribution in [0.4, 0.5) is 5.69 Å². The first kappa shape index (κ1) is 13.3. The first-order valence-corrected chi connectivity index (χ1v) is 5.59. The van der Waals surface area contributed by atoms with Crippen LogP contribution in [0.15, 0.2) is 11.4 Å². The van der Waals surface area contributed by atoms with Gasteiger partial charge in [0.05, 0.1) is 11.4 Å². The Morgan fingerprint density at radius 2 is 2.29 bits per heavy atom. The standard InChI is InChI=1S/C11H21N5O/c1-8-9(7-16(4)14-8)13-6-5-11(2,3)10(12)15-17/h7,13,17H,5-6H2,1-4H3,(H2,12,15). The van der Waals surface area contributed by atoms with Crippen molar-refractivity contribution in [3.05, 3.63) is 11.9 Å². The smallest absolute Gasteiger partial charge is 0.144 e. The molecule has 0 amide bonds. The Morgan fingerprint density at radius 3 is 2.76 bits per heavy atom. The number of nitrogens with zero attached hydrogens (tertiary/aromatic N) is 3. The summed E-state index contributed by atoms with van der Waals surface area (Å²) >= 11 is 0. The first-order chi connectivity index (χ1) is 7.86. The average Bonchev–Trinajstić information content (AvgIpc) is 2.56. The largest absolute Gasteiger partial charge is 0.409 e. The average molecular weight is 239 g/mol. The van der Waals surface area contributed by atoms with Crippen molar-refractivity contribution in [1.29, 1.82) is 0 Å². The van der Waals surface area contributed by atoms with Crippen LogP contribution in [0.1, 0.15) is 26.0 Å². The highest BCUT2D eigenvalue weighted by Gasteiger charge is 2.23. The summed E-state index contributed by atoms with van der Waals surface area (Å²) in [7, 11) is 1.89. The van der Waals surface area contributed by atoms with Crippen LogP contribution in [0.5, 0.6) is 0 Å². The highest BCUT2D eigenvalue weighted by molar-refractivity contribution is 5.85. The number of nitrogens with one attached hydrogen (secondary N) is 1. The summed E-state index contributed by atoms with van der Waals surface area (Å²) in [6.45, 7) is 6.59. The molecule has 6 heteroatoms. The highest BCUT2D eigenvalue weighted by Crippen LogP contribution is 2.21. The lowest BCUT2D eigenvalue weighted by Crippen LogP contribution is -2.33. The molecule has 17 heavy (non-hydrogen) atoms. The van der Waals surface area contributed by atoms with Crippen LogP contribution in [0, 0.1) is 12.3 Å². The maximum absolute atomic E-state index is 8.66. The third-order valence-corrected chi connectivity index (χ3v) is 2.88. The van der Waals surface area contributed by atoms with E-state index in [0.717, 1.165) is 24.3 Å². The van der Waals surface area contributed by atoms with Crippen LogP contribution in [-0.2, 0) is 7.05 Å². The van der Waals surface area contributed by atoms with E-state index < -0.39 is 0 Å². The zero-order valence-corrected chi connectivity index (χ0v) is 10.9. The van der Waals surface area contributed by atoms with Gasteiger partial charge in [0, 0.05) is 25.2 Å². The van der Waals surface area contributed by atoms with E-state index in [4.69, 9.17) is 10.9 Å². The van der Waals surface area contributed by atoms with Gasteiger partial charge < -0.3 is 16.3 Å². The molecule has 0 spiro atoms. The number of aromatic nitrogens is 2. The monoisotopic (exact) mass is 239 g/mol. The number of anilines is 1. The van der Waals surface area contributed by atoms with Gasteiger partial charge in [-0.3, -0.25) is 4.68 Å². The summed E-state index contributed by atoms with van der Waals surface area (Å²) in [6, 6.07) is 0. The summed E-state index contributed by atoms with van der Waals surface area (Å²) in [6.07, 6.45) is 2.71. The number of rotatable bonds is 5. The van der Waals surface area contributed by atoms with Crippen molar-refractivity contribution in [2.75, 3.05) is 11.9 Å². The van der Waals surface area contributed by atoms with E-state index in [0.29, 0.717) is 0 Å². The van der Waals surface area contributed by atoms with Gasteiger partial charge in [-0.15, -0.1) is 0 Å². The molecule has 1 aromatic rings. The van der Waals surface area contributed by atoms with Gasteiger partial charge in [-0.2, -0.15) is 5.10 Å². The molecule has 0 aliphatic rings. The zero-order valence-electron chi connectivity index (χ0n) is 10.9. The van der Waals surface area contributed by atoms with Crippen molar-refractivity contribution < 1.29 is 5.21 Å². The van der Waals surface area contributed by atoms with Gasteiger partial charge in [-0.25, -0.2) is 0 Å². The second-order valence-electron chi connectivity index (χ2n) is 4.85. The molecule has 0 atom stereocenters. The third kappa shape index (κ3) is 3.37. The molecule has 0 radical (unpaired) electrons. The quantitative estimate of drug-likeness (QED) is 0.313. The molecule has 1 heterocycles. The van der Waals surface area contributed by atoms with Crippen LogP contribution in [0.25, 0.3) is 0 Å². The number of hydrogen-bond donors (Lipinski definition) is 3. The zero-order chi connectivity index (χ0) is 13.1. The molecule has 0 aliphatic heterocycles. The molecular weight excluding hydrogens is 218 g/mol. The number of aryl methyl sites for hydroxylation is 2. The number of oxime groups is 1. The Balaban J connectivity index is 2.51. The van der Waals surface area contributed by atoms with Gasteiger partial charge in [0.1, 0.15) is 5.84 Å². The van der Waals surface area contributed by atoms with Crippen LogP contribution in [0.2, 0.25) is 0 Å². The lowest BCUT2D eigenvalue weighted by molar-refractivity contribution is 0.306. The maximum Gasteiger partial charge on any atom is 0.144 e. The molecule has 1 rings (SSSR count). The topological polar surface area (TPSA) is 88.5 Å². The molecular formula is C11H21N5O. The molecule has 0 saturated carbocycles. The summed E-state index contributed by atoms with van der Waals surface area (Å²) in [5.74, 6) is 0.252. The SMILES string of the molecule is Cc1nn(C)cc1NCCC(C)(C)/C(N)=N/O. The molecule has 4 N–H and O–H groups in total. The van der Waals surface area contributed by atoms with E-state index in [2.05, 4.69) is 15.6 Å². The fourth-order valence-corrected chi connectivity index (χ4v) is 1.55. The van der Waals surface area contributed by atoms with Gasteiger partial charge >= 0.3 is 0 Å². The van der Waals surface area contributed by atoms with Gasteiger partial charge in [0.25, 0.3) is 0 Å². The lowest BCUT2D eigenvalue weighted by Gasteiger charge is -2.22. The van der Waals surface area contributed by atoms with Crippen LogP contribution >= 0.6 is 0 Å². The van der Waals surface area contributed by atoms with Gasteiger partial charge in [0.2, 0.25) is 0 Å². The van der Waals surface area contributed by atoms with E-state index in [1.165, 1.54) is 0 Å². The van der Waals surface area contributed by atoms with Crippen LogP contribution in [-0.4, -0.2) is 27.4 Å². The van der Waals surface area contributed by atoms with Gasteiger partial charge in [-0.1, -0.05) is 19.0 Å². The molecule has 0 aromatic carbocycles. The van der Waals surface area contributed by atoms with Crippen molar-refractivity contribution >= 4 is 11.5 Å². The minimum Gasteiger partial charge on any atom is -0.409 e. The van der Waals surface area contributed by atoms with Crippen LogP contribution in [0.3, 0.4) is 0 Å². The Kier molecular flexibility index (Phi) is 3.98. The molecule has 0 unspecified atom stereocenters. The highest BCUT2D eigenvalue weighted by atomic mass is 16.4. The van der Waals surface area contributed by atoms with Crippen molar-refractivity contribution in [3.8, 4) is 0 Å². The van der Waals surface area contributed by atoms with Crippen LogP contribution < -0.4 is 11.1 Å². The van der Waals surface area contributed by atoms with Crippen molar-refractivity contribution in [3.63, 3.8) is 0 Å². The van der Waals surface area contributed by atoms with Gasteiger partial charge in [-0.05, 0) is 13.3 Å². The van der Waals surface area contributed by atoms with E-state index in [1.807, 2.05) is 34.0 Å². The Bertz CT molecular complexity index is 408. The Hall–Kier alpha value is -1.72. The minimum atomic E-state index is -0.322. The predicted octanol–water partition coefficient (Wildman–Crippen LogP) is 1.30. The van der Waals surface area contributed by atoms with E-state index in [-0.39, 0.29) is 11.3 Å². The number of hydrogen-bond acceptors (Lipinski definition) is 4. The van der Waals surface area contributed by atoms with E-state index in [9.17, 15) is 0 Å².